The molecule has 0 aromatic heterocycles. The van der Waals surface area contributed by atoms with E-state index in [1.807, 2.05) is 65.6 Å². The predicted molar refractivity (Wildman–Crippen MR) is 140 cm³/mol. The summed E-state index contributed by atoms with van der Waals surface area (Å²) >= 11 is 6.06. The molecule has 176 valence electrons. The van der Waals surface area contributed by atoms with Crippen molar-refractivity contribution in [3.05, 3.63) is 94.5 Å². The third-order valence-corrected chi connectivity index (χ3v) is 7.00. The molecule has 3 aromatic carbocycles. The lowest BCUT2D eigenvalue weighted by Gasteiger charge is -2.51. The minimum atomic E-state index is -0.356. The van der Waals surface area contributed by atoms with Gasteiger partial charge in [-0.1, -0.05) is 61.0 Å². The zero-order chi connectivity index (χ0) is 24.5. The van der Waals surface area contributed by atoms with Gasteiger partial charge in [-0.2, -0.15) is 0 Å². The minimum Gasteiger partial charge on any atom is -0.326 e. The van der Waals surface area contributed by atoms with E-state index in [1.165, 1.54) is 5.56 Å². The number of nitrogens with one attached hydrogen (secondary N) is 1. The first-order valence-electron chi connectivity index (χ1n) is 11.7. The fourth-order valence-corrected chi connectivity index (χ4v) is 5.66. The number of fused-ring (bicyclic) bond motifs is 1. The molecule has 3 aromatic rings. The van der Waals surface area contributed by atoms with Crippen LogP contribution >= 0.6 is 11.6 Å². The highest BCUT2D eigenvalue weighted by atomic mass is 35.5. The first-order valence-corrected chi connectivity index (χ1v) is 12.0. The molecule has 1 N–H and O–H groups in total. The smallest absolute Gasteiger partial charge is 0.224 e. The summed E-state index contributed by atoms with van der Waals surface area (Å²) in [5, 5.41) is 3.73. The highest BCUT2D eigenvalue weighted by Crippen LogP contribution is 2.51. The van der Waals surface area contributed by atoms with Crippen molar-refractivity contribution in [2.24, 2.45) is 0 Å². The summed E-state index contributed by atoms with van der Waals surface area (Å²) in [6.07, 6.45) is 1.74. The molecule has 0 fully saturated rings. The summed E-state index contributed by atoms with van der Waals surface area (Å²) in [6.45, 7) is 8.07. The number of rotatable bonds is 5. The van der Waals surface area contributed by atoms with Crippen LogP contribution in [0.2, 0.25) is 5.02 Å². The van der Waals surface area contributed by atoms with Gasteiger partial charge < -0.3 is 10.2 Å². The number of benzene rings is 3. The van der Waals surface area contributed by atoms with Crippen molar-refractivity contribution in [1.29, 1.82) is 0 Å². The lowest BCUT2D eigenvalue weighted by atomic mass is 9.65. The van der Waals surface area contributed by atoms with Gasteiger partial charge in [0.15, 0.2) is 0 Å². The first-order chi connectivity index (χ1) is 16.1. The molecule has 1 atom stereocenters. The summed E-state index contributed by atoms with van der Waals surface area (Å²) in [7, 11) is 0. The van der Waals surface area contributed by atoms with Crippen molar-refractivity contribution < 1.29 is 9.59 Å². The molecule has 0 radical (unpaired) electrons. The van der Waals surface area contributed by atoms with Gasteiger partial charge in [-0.15, -0.1) is 0 Å². The molecule has 1 aliphatic heterocycles. The highest BCUT2D eigenvalue weighted by molar-refractivity contribution is 6.30. The van der Waals surface area contributed by atoms with E-state index in [9.17, 15) is 9.59 Å². The van der Waals surface area contributed by atoms with Crippen LogP contribution in [0.3, 0.4) is 0 Å². The van der Waals surface area contributed by atoms with E-state index in [0.29, 0.717) is 17.9 Å². The van der Waals surface area contributed by atoms with Gasteiger partial charge in [0.1, 0.15) is 0 Å². The predicted octanol–water partition coefficient (Wildman–Crippen LogP) is 6.75. The van der Waals surface area contributed by atoms with E-state index in [1.54, 1.807) is 6.92 Å². The maximum Gasteiger partial charge on any atom is 0.224 e. The number of carbonyl (C=O) groups is 2. The molecule has 0 aliphatic carbocycles. The Bertz CT molecular complexity index is 1220. The Hall–Kier alpha value is -3.11. The van der Waals surface area contributed by atoms with Gasteiger partial charge in [0, 0.05) is 40.7 Å². The maximum absolute atomic E-state index is 12.7. The number of carbonyl (C=O) groups excluding carboxylic acids is 2. The number of amides is 2. The van der Waals surface area contributed by atoms with Crippen LogP contribution in [0.15, 0.2) is 72.8 Å². The first kappa shape index (κ1) is 24.0. The van der Waals surface area contributed by atoms with Gasteiger partial charge in [-0.3, -0.25) is 9.59 Å². The van der Waals surface area contributed by atoms with Gasteiger partial charge in [0.2, 0.25) is 11.8 Å². The second-order valence-corrected chi connectivity index (χ2v) is 10.4. The molecule has 0 spiro atoms. The van der Waals surface area contributed by atoms with Crippen LogP contribution in [0.5, 0.6) is 0 Å². The average Bonchev–Trinajstić information content (AvgIpc) is 2.78. The molecular weight excluding hydrogens is 444 g/mol. The van der Waals surface area contributed by atoms with Crippen molar-refractivity contribution in [2.45, 2.75) is 57.9 Å². The Morgan fingerprint density at radius 2 is 1.71 bits per heavy atom. The Morgan fingerprint density at radius 1 is 0.971 bits per heavy atom. The molecule has 34 heavy (non-hydrogen) atoms. The highest BCUT2D eigenvalue weighted by Gasteiger charge is 2.47. The topological polar surface area (TPSA) is 49.4 Å². The summed E-state index contributed by atoms with van der Waals surface area (Å²) < 4.78 is 0. The molecule has 4 nitrogen and oxygen atoms in total. The number of hydrogen-bond donors (Lipinski definition) is 1. The maximum atomic E-state index is 12.7. The van der Waals surface area contributed by atoms with Crippen molar-refractivity contribution in [2.75, 3.05) is 10.2 Å². The van der Waals surface area contributed by atoms with Crippen LogP contribution in [0, 0.1) is 0 Å². The summed E-state index contributed by atoms with van der Waals surface area (Å²) in [5.41, 5.74) is 4.23. The molecule has 4 rings (SSSR count). The minimum absolute atomic E-state index is 0.0136. The van der Waals surface area contributed by atoms with Crippen LogP contribution < -0.4 is 10.2 Å². The van der Waals surface area contributed by atoms with Gasteiger partial charge in [0.05, 0.1) is 0 Å². The molecular formula is C29H31ClN2O2. The van der Waals surface area contributed by atoms with E-state index < -0.39 is 0 Å². The average molecular weight is 475 g/mol. The molecule has 1 aliphatic rings. The number of aryl methyl sites for hydroxylation is 1. The van der Waals surface area contributed by atoms with Gasteiger partial charge >= 0.3 is 0 Å². The summed E-state index contributed by atoms with van der Waals surface area (Å²) in [5.74, 6) is -0.0411. The quantitative estimate of drug-likeness (QED) is 0.444. The Balaban J connectivity index is 1.66. The third kappa shape index (κ3) is 4.74. The molecule has 0 unspecified atom stereocenters. The van der Waals surface area contributed by atoms with Crippen LogP contribution in [0.4, 0.5) is 11.4 Å². The van der Waals surface area contributed by atoms with E-state index in [0.717, 1.165) is 28.9 Å². The van der Waals surface area contributed by atoms with E-state index in [2.05, 4.69) is 38.2 Å². The van der Waals surface area contributed by atoms with Crippen LogP contribution in [-0.2, 0) is 21.4 Å². The molecule has 1 heterocycles. The third-order valence-electron chi connectivity index (χ3n) is 6.76. The second kappa shape index (κ2) is 9.27. The lowest BCUT2D eigenvalue weighted by molar-refractivity contribution is -0.118. The summed E-state index contributed by atoms with van der Waals surface area (Å²) in [4.78, 5) is 27.3. The Labute approximate surface area is 206 Å². The van der Waals surface area contributed by atoms with Crippen molar-refractivity contribution in [3.63, 3.8) is 0 Å². The largest absolute Gasteiger partial charge is 0.326 e. The molecule has 2 amide bonds. The van der Waals surface area contributed by atoms with E-state index in [-0.39, 0.29) is 22.8 Å². The van der Waals surface area contributed by atoms with Crippen molar-refractivity contribution in [1.82, 2.24) is 0 Å². The van der Waals surface area contributed by atoms with Crippen molar-refractivity contribution >= 4 is 34.8 Å². The van der Waals surface area contributed by atoms with E-state index >= 15 is 0 Å². The van der Waals surface area contributed by atoms with Gasteiger partial charge in [0.25, 0.3) is 0 Å². The monoisotopic (exact) mass is 474 g/mol. The van der Waals surface area contributed by atoms with Gasteiger partial charge in [-0.25, -0.2) is 0 Å². The van der Waals surface area contributed by atoms with E-state index in [4.69, 9.17) is 11.6 Å². The Morgan fingerprint density at radius 3 is 2.38 bits per heavy atom. The fraction of sp³-hybridized carbons (Fsp3) is 0.310. The molecule has 0 saturated carbocycles. The standard InChI is InChI=1S/C29H31ClN2O2/c1-20(33)32-26-15-14-24(31-27(34)16-13-21-9-8-12-23(30)17-21)18-25(26)29(4,19-28(32,2)3)22-10-6-5-7-11-22/h5-12,14-15,17-18H,13,16,19H2,1-4H3,(H,31,34)/t29-/m1/s1. The lowest BCUT2D eigenvalue weighted by Crippen LogP contribution is -2.55. The number of halogens is 1. The zero-order valence-electron chi connectivity index (χ0n) is 20.2. The molecule has 5 heteroatoms. The SMILES string of the molecule is CC(=O)N1c2ccc(NC(=O)CCc3cccc(Cl)c3)cc2[C@@](C)(c2ccccc2)CC1(C)C. The second-order valence-electron chi connectivity index (χ2n) is 9.95. The Kier molecular flexibility index (Phi) is 6.55. The summed E-state index contributed by atoms with van der Waals surface area (Å²) in [6, 6.07) is 23.9. The van der Waals surface area contributed by atoms with Gasteiger partial charge in [-0.05, 0) is 73.7 Å². The number of hydrogen-bond acceptors (Lipinski definition) is 2. The number of nitrogens with zero attached hydrogens (tertiary/aromatic N) is 1. The zero-order valence-corrected chi connectivity index (χ0v) is 20.9. The fourth-order valence-electron chi connectivity index (χ4n) is 5.45. The van der Waals surface area contributed by atoms with Crippen LogP contribution in [0.25, 0.3) is 0 Å². The van der Waals surface area contributed by atoms with Crippen molar-refractivity contribution in [3.8, 4) is 0 Å². The van der Waals surface area contributed by atoms with Crippen LogP contribution in [0.1, 0.15) is 57.2 Å². The molecule has 0 saturated heterocycles. The molecule has 0 bridgehead atoms. The normalized spacial score (nSPS) is 18.8. The van der Waals surface area contributed by atoms with Crippen LogP contribution in [-0.4, -0.2) is 17.4 Å². The number of anilines is 2.